The highest BCUT2D eigenvalue weighted by molar-refractivity contribution is 5.10. The van der Waals surface area contributed by atoms with E-state index in [0.29, 0.717) is 0 Å². The summed E-state index contributed by atoms with van der Waals surface area (Å²) in [6, 6.07) is 0. The Morgan fingerprint density at radius 3 is 2.78 bits per heavy atom. The molecule has 0 unspecified atom stereocenters. The molecule has 0 aromatic rings. The van der Waals surface area contributed by atoms with Gasteiger partial charge >= 0.3 is 0 Å². The molecule has 0 aliphatic rings. The number of aliphatic hydroxyl groups is 1. The highest BCUT2D eigenvalue weighted by Gasteiger charge is 1.81. The summed E-state index contributed by atoms with van der Waals surface area (Å²) in [7, 11) is 0. The summed E-state index contributed by atoms with van der Waals surface area (Å²) < 4.78 is 12.2. The van der Waals surface area contributed by atoms with Gasteiger partial charge in [-0.1, -0.05) is 13.0 Å². The lowest BCUT2D eigenvalue weighted by molar-refractivity contribution is 0.339. The molecule has 0 rings (SSSR count). The van der Waals surface area contributed by atoms with Crippen molar-refractivity contribution in [1.29, 1.82) is 0 Å². The van der Waals surface area contributed by atoms with E-state index in [2.05, 4.69) is 0 Å². The minimum Gasteiger partial charge on any atom is -0.392 e. The Balaban J connectivity index is 3.60. The monoisotopic (exact) mass is 130 g/mol. The van der Waals surface area contributed by atoms with E-state index in [1.807, 2.05) is 6.92 Å². The van der Waals surface area contributed by atoms with Crippen molar-refractivity contribution in [3.05, 3.63) is 24.1 Å². The van der Waals surface area contributed by atoms with Crippen LogP contribution in [0.3, 0.4) is 0 Å². The summed E-state index contributed by atoms with van der Waals surface area (Å²) in [5.41, 5.74) is 0. The molecular formula is C7H11FO. The Bertz CT molecular complexity index is 116. The fourth-order valence-electron chi connectivity index (χ4n) is 0.386. The number of aliphatic hydroxyl groups excluding tert-OH is 1. The third kappa shape index (κ3) is 5.24. The zero-order valence-electron chi connectivity index (χ0n) is 5.47. The van der Waals surface area contributed by atoms with E-state index < -0.39 is 0 Å². The largest absolute Gasteiger partial charge is 0.392 e. The lowest BCUT2D eigenvalue weighted by atomic mass is 10.4. The van der Waals surface area contributed by atoms with Crippen LogP contribution in [0.15, 0.2) is 24.1 Å². The van der Waals surface area contributed by atoms with E-state index in [1.54, 1.807) is 6.08 Å². The maximum atomic E-state index is 12.2. The molecule has 0 aromatic heterocycles. The minimum atomic E-state index is -0.376. The quantitative estimate of drug-likeness (QED) is 0.577. The number of allylic oxidation sites excluding steroid dienone is 3. The fourth-order valence-corrected chi connectivity index (χ4v) is 0.386. The number of hydrogen-bond donors (Lipinski definition) is 1. The zero-order chi connectivity index (χ0) is 7.11. The van der Waals surface area contributed by atoms with Gasteiger partial charge in [-0.25, -0.2) is 4.39 Å². The molecule has 0 fully saturated rings. The van der Waals surface area contributed by atoms with Crippen molar-refractivity contribution in [2.24, 2.45) is 0 Å². The van der Waals surface area contributed by atoms with Crippen molar-refractivity contribution in [2.75, 3.05) is 6.61 Å². The summed E-state index contributed by atoms with van der Waals surface area (Å²) in [6.45, 7) is 1.68. The number of halogens is 1. The van der Waals surface area contributed by atoms with Gasteiger partial charge in [0, 0.05) is 0 Å². The van der Waals surface area contributed by atoms with Crippen LogP contribution in [0.1, 0.15) is 13.3 Å². The highest BCUT2D eigenvalue weighted by Crippen LogP contribution is 1.97. The third-order valence-electron chi connectivity index (χ3n) is 0.799. The molecule has 2 heteroatoms. The van der Waals surface area contributed by atoms with Gasteiger partial charge in [-0.15, -0.1) is 0 Å². The normalized spacial score (nSPS) is 13.0. The molecule has 1 nitrogen and oxygen atoms in total. The SMILES string of the molecule is CC/C=C\C(F)=C/CO. The summed E-state index contributed by atoms with van der Waals surface area (Å²) >= 11 is 0. The van der Waals surface area contributed by atoms with Crippen LogP contribution in [0.2, 0.25) is 0 Å². The average molecular weight is 130 g/mol. The van der Waals surface area contributed by atoms with E-state index in [9.17, 15) is 4.39 Å². The molecule has 0 heterocycles. The first-order chi connectivity index (χ1) is 4.31. The van der Waals surface area contributed by atoms with Gasteiger partial charge in [0.1, 0.15) is 5.83 Å². The van der Waals surface area contributed by atoms with Crippen LogP contribution in [-0.4, -0.2) is 11.7 Å². The predicted octanol–water partition coefficient (Wildman–Crippen LogP) is 1.80. The lowest BCUT2D eigenvalue weighted by Gasteiger charge is -1.82. The van der Waals surface area contributed by atoms with Crippen LogP contribution in [0.5, 0.6) is 0 Å². The van der Waals surface area contributed by atoms with Crippen LogP contribution < -0.4 is 0 Å². The molecule has 0 atom stereocenters. The van der Waals surface area contributed by atoms with E-state index >= 15 is 0 Å². The zero-order valence-corrected chi connectivity index (χ0v) is 5.47. The molecule has 0 saturated carbocycles. The van der Waals surface area contributed by atoms with Gasteiger partial charge in [0.05, 0.1) is 6.61 Å². The lowest BCUT2D eigenvalue weighted by Crippen LogP contribution is -1.73. The molecular weight excluding hydrogens is 119 g/mol. The minimum absolute atomic E-state index is 0.236. The van der Waals surface area contributed by atoms with Crippen LogP contribution >= 0.6 is 0 Å². The Morgan fingerprint density at radius 1 is 1.67 bits per heavy atom. The highest BCUT2D eigenvalue weighted by atomic mass is 19.1. The summed E-state index contributed by atoms with van der Waals surface area (Å²) in [5, 5.41) is 8.19. The molecule has 0 bridgehead atoms. The third-order valence-corrected chi connectivity index (χ3v) is 0.799. The molecule has 0 amide bonds. The summed E-state index contributed by atoms with van der Waals surface area (Å²) in [6.07, 6.45) is 4.97. The molecule has 9 heavy (non-hydrogen) atoms. The van der Waals surface area contributed by atoms with Gasteiger partial charge in [0.2, 0.25) is 0 Å². The second-order valence-corrected chi connectivity index (χ2v) is 1.58. The molecule has 0 saturated heterocycles. The van der Waals surface area contributed by atoms with Crippen LogP contribution in [-0.2, 0) is 0 Å². The van der Waals surface area contributed by atoms with Crippen LogP contribution in [0.25, 0.3) is 0 Å². The van der Waals surface area contributed by atoms with E-state index in [-0.39, 0.29) is 12.4 Å². The van der Waals surface area contributed by atoms with Gasteiger partial charge in [0.25, 0.3) is 0 Å². The van der Waals surface area contributed by atoms with Gasteiger partial charge in [0.15, 0.2) is 0 Å². The topological polar surface area (TPSA) is 20.2 Å². The maximum absolute atomic E-state index is 12.2. The standard InChI is InChI=1S/C7H11FO/c1-2-3-4-7(8)5-6-9/h3-5,9H,2,6H2,1H3/b4-3-,7-5+. The van der Waals surface area contributed by atoms with Gasteiger partial charge < -0.3 is 5.11 Å². The second kappa shape index (κ2) is 5.51. The maximum Gasteiger partial charge on any atom is 0.121 e. The first-order valence-corrected chi connectivity index (χ1v) is 2.94. The van der Waals surface area contributed by atoms with Gasteiger partial charge in [-0.2, -0.15) is 0 Å². The van der Waals surface area contributed by atoms with E-state index in [1.165, 1.54) is 6.08 Å². The van der Waals surface area contributed by atoms with Gasteiger partial charge in [-0.05, 0) is 18.6 Å². The van der Waals surface area contributed by atoms with E-state index in [0.717, 1.165) is 12.5 Å². The first kappa shape index (κ1) is 8.37. The molecule has 1 N–H and O–H groups in total. The molecule has 0 aliphatic carbocycles. The second-order valence-electron chi connectivity index (χ2n) is 1.58. The summed E-state index contributed by atoms with van der Waals surface area (Å²) in [4.78, 5) is 0. The predicted molar refractivity (Wildman–Crippen MR) is 35.7 cm³/mol. The van der Waals surface area contributed by atoms with Gasteiger partial charge in [-0.3, -0.25) is 0 Å². The van der Waals surface area contributed by atoms with Crippen molar-refractivity contribution in [2.45, 2.75) is 13.3 Å². The fraction of sp³-hybridized carbons (Fsp3) is 0.429. The van der Waals surface area contributed by atoms with Crippen LogP contribution in [0, 0.1) is 0 Å². The Labute approximate surface area is 54.5 Å². The van der Waals surface area contributed by atoms with E-state index in [4.69, 9.17) is 5.11 Å². The van der Waals surface area contributed by atoms with Crippen molar-refractivity contribution in [3.63, 3.8) is 0 Å². The van der Waals surface area contributed by atoms with Crippen LogP contribution in [0.4, 0.5) is 4.39 Å². The first-order valence-electron chi connectivity index (χ1n) is 2.94. The smallest absolute Gasteiger partial charge is 0.121 e. The molecule has 0 aromatic carbocycles. The molecule has 0 aliphatic heterocycles. The van der Waals surface area contributed by atoms with Crippen molar-refractivity contribution < 1.29 is 9.50 Å². The Hall–Kier alpha value is -0.630. The Morgan fingerprint density at radius 2 is 2.33 bits per heavy atom. The molecule has 0 spiro atoms. The average Bonchev–Trinajstić information content (AvgIpc) is 1.85. The number of rotatable bonds is 3. The van der Waals surface area contributed by atoms with Crippen molar-refractivity contribution >= 4 is 0 Å². The summed E-state index contributed by atoms with van der Waals surface area (Å²) in [5.74, 6) is -0.376. The molecule has 52 valence electrons. The number of hydrogen-bond acceptors (Lipinski definition) is 1. The van der Waals surface area contributed by atoms with Crippen molar-refractivity contribution in [1.82, 2.24) is 0 Å². The Kier molecular flexibility index (Phi) is 5.12. The van der Waals surface area contributed by atoms with Crippen molar-refractivity contribution in [3.8, 4) is 0 Å². The molecule has 0 radical (unpaired) electrons.